The quantitative estimate of drug-likeness (QED) is 0.0270. The Bertz CT molecular complexity index is 915. The van der Waals surface area contributed by atoms with Gasteiger partial charge in [-0.2, -0.15) is 0 Å². The highest BCUT2D eigenvalue weighted by Gasteiger charge is 2.25. The Morgan fingerprint density at radius 3 is 1.41 bits per heavy atom. The average molecular weight is 814 g/mol. The molecule has 9 heteroatoms. The van der Waals surface area contributed by atoms with Gasteiger partial charge in [-0.15, -0.1) is 0 Å². The summed E-state index contributed by atoms with van der Waals surface area (Å²) in [7, 11) is -4.28. The van der Waals surface area contributed by atoms with E-state index in [1.54, 1.807) is 0 Å². The van der Waals surface area contributed by atoms with Crippen LogP contribution in [0, 0.1) is 0 Å². The van der Waals surface area contributed by atoms with Gasteiger partial charge in [-0.05, 0) is 44.9 Å². The molecule has 0 spiro atoms. The van der Waals surface area contributed by atoms with Crippen LogP contribution in [-0.2, 0) is 27.9 Å². The van der Waals surface area contributed by atoms with Crippen LogP contribution in [0.3, 0.4) is 0 Å². The number of carbonyl (C=O) groups is 1. The van der Waals surface area contributed by atoms with Crippen molar-refractivity contribution in [2.45, 2.75) is 238 Å². The number of esters is 1. The summed E-state index contributed by atoms with van der Waals surface area (Å²) in [6.45, 7) is 4.94. The van der Waals surface area contributed by atoms with Crippen LogP contribution in [0.25, 0.3) is 0 Å². The molecule has 0 aromatic rings. The Labute approximate surface area is 346 Å². The van der Waals surface area contributed by atoms with Gasteiger partial charge in [-0.25, -0.2) is 4.57 Å². The highest BCUT2D eigenvalue weighted by Crippen LogP contribution is 2.43. The number of phosphoric ester groups is 1. The average Bonchev–Trinajstić information content (AvgIpc) is 3.19. The fourth-order valence-electron chi connectivity index (χ4n) is 6.85. The van der Waals surface area contributed by atoms with Gasteiger partial charge in [0.15, 0.2) is 0 Å². The highest BCUT2D eigenvalue weighted by atomic mass is 31.2. The lowest BCUT2D eigenvalue weighted by molar-refractivity contribution is -0.154. The molecule has 0 bridgehead atoms. The van der Waals surface area contributed by atoms with Crippen LogP contribution in [0.4, 0.5) is 0 Å². The predicted molar refractivity (Wildman–Crippen MR) is 238 cm³/mol. The molecule has 0 fully saturated rings. The van der Waals surface area contributed by atoms with Gasteiger partial charge in [0.2, 0.25) is 0 Å². The molecular weight excluding hydrogens is 721 g/mol. The standard InChI is InChI=1S/C47H92NO7P/c1-3-5-7-9-11-13-15-17-19-21-23-25-27-29-31-33-35-37-39-42-52-44-46(45-54-56(50,51)53-43-41-48)55-47(49)40-38-36-34-32-30-28-26-24-22-20-18-16-14-12-10-8-6-4-2/h14,16,20,22,46H,3-13,15,17-19,21,23-45,48H2,1-2H3,(H,50,51)/b16-14-,22-20-. The molecule has 56 heavy (non-hydrogen) atoms. The maximum absolute atomic E-state index is 12.6. The van der Waals surface area contributed by atoms with E-state index < -0.39 is 13.9 Å². The first-order valence-corrected chi connectivity index (χ1v) is 25.3. The number of rotatable bonds is 46. The maximum Gasteiger partial charge on any atom is 0.472 e. The smallest absolute Gasteiger partial charge is 0.457 e. The third-order valence-corrected chi connectivity index (χ3v) is 11.4. The van der Waals surface area contributed by atoms with Crippen LogP contribution in [-0.4, -0.2) is 49.9 Å². The van der Waals surface area contributed by atoms with Gasteiger partial charge in [0.05, 0.1) is 19.8 Å². The van der Waals surface area contributed by atoms with Crippen LogP contribution >= 0.6 is 7.82 Å². The van der Waals surface area contributed by atoms with Crippen molar-refractivity contribution in [3.05, 3.63) is 24.3 Å². The first-order valence-electron chi connectivity index (χ1n) is 23.8. The molecule has 3 N–H and O–H groups in total. The van der Waals surface area contributed by atoms with E-state index in [0.717, 1.165) is 44.9 Å². The second-order valence-electron chi connectivity index (χ2n) is 16.0. The number of hydrogen-bond donors (Lipinski definition) is 2. The summed E-state index contributed by atoms with van der Waals surface area (Å²) in [4.78, 5) is 22.5. The Kier molecular flexibility index (Phi) is 44.3. The molecule has 0 aliphatic rings. The lowest BCUT2D eigenvalue weighted by Gasteiger charge is -2.20. The lowest BCUT2D eigenvalue weighted by atomic mass is 10.0. The van der Waals surface area contributed by atoms with Gasteiger partial charge in [0.1, 0.15) is 6.10 Å². The largest absolute Gasteiger partial charge is 0.472 e. The van der Waals surface area contributed by atoms with Crippen molar-refractivity contribution < 1.29 is 32.8 Å². The number of nitrogens with two attached hydrogens (primary N) is 1. The number of hydrogen-bond acceptors (Lipinski definition) is 7. The third kappa shape index (κ3) is 44.1. The fraction of sp³-hybridized carbons (Fsp3) is 0.894. The number of ether oxygens (including phenoxy) is 2. The van der Waals surface area contributed by atoms with Gasteiger partial charge in [-0.3, -0.25) is 13.8 Å². The molecule has 8 nitrogen and oxygen atoms in total. The van der Waals surface area contributed by atoms with E-state index in [9.17, 15) is 14.3 Å². The van der Waals surface area contributed by atoms with E-state index in [4.69, 9.17) is 24.3 Å². The Morgan fingerprint density at radius 1 is 0.536 bits per heavy atom. The summed E-state index contributed by atoms with van der Waals surface area (Å²) in [5.74, 6) is -0.334. The molecule has 0 heterocycles. The molecule has 0 radical (unpaired) electrons. The van der Waals surface area contributed by atoms with Crippen molar-refractivity contribution in [2.24, 2.45) is 5.73 Å². The molecule has 0 aromatic carbocycles. The van der Waals surface area contributed by atoms with Crippen molar-refractivity contribution in [3.8, 4) is 0 Å². The molecule has 0 saturated carbocycles. The van der Waals surface area contributed by atoms with Crippen LogP contribution in [0.1, 0.15) is 232 Å². The number of unbranched alkanes of at least 4 members (excludes halogenated alkanes) is 29. The number of allylic oxidation sites excluding steroid dienone is 4. The molecule has 0 amide bonds. The van der Waals surface area contributed by atoms with E-state index in [1.165, 1.54) is 167 Å². The Morgan fingerprint density at radius 2 is 0.946 bits per heavy atom. The minimum atomic E-state index is -4.28. The molecule has 0 aliphatic heterocycles. The lowest BCUT2D eigenvalue weighted by Crippen LogP contribution is -2.28. The summed E-state index contributed by atoms with van der Waals surface area (Å²) >= 11 is 0. The number of phosphoric acid groups is 1. The number of carbonyl (C=O) groups excluding carboxylic acids is 1. The first-order chi connectivity index (χ1) is 27.4. The second kappa shape index (κ2) is 45.1. The van der Waals surface area contributed by atoms with Gasteiger partial charge < -0.3 is 20.1 Å². The molecule has 2 unspecified atom stereocenters. The van der Waals surface area contributed by atoms with Crippen molar-refractivity contribution in [1.82, 2.24) is 0 Å². The van der Waals surface area contributed by atoms with Gasteiger partial charge in [0, 0.05) is 19.6 Å². The summed E-state index contributed by atoms with van der Waals surface area (Å²) < 4.78 is 33.5. The molecular formula is C47H92NO7P. The normalized spacial score (nSPS) is 13.6. The van der Waals surface area contributed by atoms with Crippen molar-refractivity contribution in [2.75, 3.05) is 33.0 Å². The SMILES string of the molecule is CCCCCC/C=C\C/C=C\CCCCCCCCCC(=O)OC(COCCCCCCCCCCCCCCCCCCCCC)COP(=O)(O)OCCN. The van der Waals surface area contributed by atoms with Gasteiger partial charge in [-0.1, -0.05) is 205 Å². The van der Waals surface area contributed by atoms with Crippen molar-refractivity contribution in [1.29, 1.82) is 0 Å². The zero-order valence-corrected chi connectivity index (χ0v) is 37.8. The van der Waals surface area contributed by atoms with E-state index in [2.05, 4.69) is 38.2 Å². The maximum atomic E-state index is 12.6. The first kappa shape index (κ1) is 55.0. The van der Waals surface area contributed by atoms with Crippen molar-refractivity contribution >= 4 is 13.8 Å². The Balaban J connectivity index is 3.96. The molecule has 0 aromatic heterocycles. The zero-order chi connectivity index (χ0) is 40.9. The molecule has 0 rings (SSSR count). The third-order valence-electron chi connectivity index (χ3n) is 10.4. The Hall–Kier alpha value is -1.02. The van der Waals surface area contributed by atoms with E-state index in [0.29, 0.717) is 13.0 Å². The summed E-state index contributed by atoms with van der Waals surface area (Å²) in [5, 5.41) is 0. The zero-order valence-electron chi connectivity index (χ0n) is 36.9. The molecule has 332 valence electrons. The van der Waals surface area contributed by atoms with Crippen LogP contribution < -0.4 is 5.73 Å². The fourth-order valence-corrected chi connectivity index (χ4v) is 7.62. The summed E-state index contributed by atoms with van der Waals surface area (Å²) in [6.07, 6.45) is 50.5. The van der Waals surface area contributed by atoms with E-state index in [1.807, 2.05) is 0 Å². The van der Waals surface area contributed by atoms with Gasteiger partial charge >= 0.3 is 13.8 Å². The molecule has 0 saturated heterocycles. The molecule has 2 atom stereocenters. The van der Waals surface area contributed by atoms with E-state index >= 15 is 0 Å². The van der Waals surface area contributed by atoms with Crippen LogP contribution in [0.5, 0.6) is 0 Å². The second-order valence-corrected chi connectivity index (χ2v) is 17.4. The van der Waals surface area contributed by atoms with E-state index in [-0.39, 0.29) is 32.3 Å². The monoisotopic (exact) mass is 814 g/mol. The van der Waals surface area contributed by atoms with Crippen molar-refractivity contribution in [3.63, 3.8) is 0 Å². The predicted octanol–water partition coefficient (Wildman–Crippen LogP) is 14.4. The highest BCUT2D eigenvalue weighted by molar-refractivity contribution is 7.47. The summed E-state index contributed by atoms with van der Waals surface area (Å²) in [6, 6.07) is 0. The summed E-state index contributed by atoms with van der Waals surface area (Å²) in [5.41, 5.74) is 5.38. The van der Waals surface area contributed by atoms with Gasteiger partial charge in [0.25, 0.3) is 0 Å². The molecule has 0 aliphatic carbocycles. The van der Waals surface area contributed by atoms with Crippen LogP contribution in [0.15, 0.2) is 24.3 Å². The van der Waals surface area contributed by atoms with Crippen LogP contribution in [0.2, 0.25) is 0 Å². The minimum absolute atomic E-state index is 0.0949. The minimum Gasteiger partial charge on any atom is -0.457 e. The topological polar surface area (TPSA) is 117 Å².